The van der Waals surface area contributed by atoms with Gasteiger partial charge in [-0.25, -0.2) is 0 Å². The van der Waals surface area contributed by atoms with Gasteiger partial charge in [-0.3, -0.25) is 4.79 Å². The number of amides is 1. The molecule has 0 aromatic rings. The molecule has 0 aliphatic carbocycles. The molecule has 2 unspecified atom stereocenters. The number of rotatable bonds is 6. The first-order valence-electron chi connectivity index (χ1n) is 6.22. The number of hydrogen-bond donors (Lipinski definition) is 5. The van der Waals surface area contributed by atoms with Crippen LogP contribution in [-0.4, -0.2) is 71.6 Å². The lowest BCUT2D eigenvalue weighted by Crippen LogP contribution is -2.64. The lowest BCUT2D eigenvalue weighted by molar-refractivity contribution is -0.270. The molecule has 1 fully saturated rings. The molecular formula is C11H22N2O6. The Labute approximate surface area is 111 Å². The highest BCUT2D eigenvalue weighted by Gasteiger charge is 2.45. The van der Waals surface area contributed by atoms with E-state index in [-0.39, 0.29) is 12.5 Å². The van der Waals surface area contributed by atoms with E-state index in [1.165, 1.54) is 6.92 Å². The molecule has 6 N–H and O–H groups in total. The fourth-order valence-corrected chi connectivity index (χ4v) is 1.90. The molecule has 5 atom stereocenters. The molecule has 1 heterocycles. The van der Waals surface area contributed by atoms with Crippen molar-refractivity contribution in [2.45, 2.75) is 44.0 Å². The van der Waals surface area contributed by atoms with Crippen molar-refractivity contribution in [3.8, 4) is 0 Å². The summed E-state index contributed by atoms with van der Waals surface area (Å²) >= 11 is 0. The Morgan fingerprint density at radius 1 is 1.42 bits per heavy atom. The second kappa shape index (κ2) is 7.73. The first-order valence-corrected chi connectivity index (χ1v) is 6.22. The first-order chi connectivity index (χ1) is 9.01. The van der Waals surface area contributed by atoms with Gasteiger partial charge >= 0.3 is 0 Å². The third-order valence-corrected chi connectivity index (χ3v) is 2.88. The first kappa shape index (κ1) is 16.3. The minimum absolute atomic E-state index is 0.290. The molecule has 8 nitrogen and oxygen atoms in total. The van der Waals surface area contributed by atoms with E-state index in [0.717, 1.165) is 0 Å². The predicted molar refractivity (Wildman–Crippen MR) is 65.0 cm³/mol. The predicted octanol–water partition coefficient (Wildman–Crippen LogP) is -2.70. The Kier molecular flexibility index (Phi) is 6.63. The number of hydrogen-bond acceptors (Lipinski definition) is 7. The van der Waals surface area contributed by atoms with Crippen LogP contribution in [0, 0.1) is 0 Å². The second-order valence-corrected chi connectivity index (χ2v) is 4.45. The van der Waals surface area contributed by atoms with Gasteiger partial charge in [0, 0.05) is 6.92 Å². The van der Waals surface area contributed by atoms with Gasteiger partial charge in [0.1, 0.15) is 24.4 Å². The van der Waals surface area contributed by atoms with Gasteiger partial charge in [-0.1, -0.05) is 0 Å². The van der Waals surface area contributed by atoms with Gasteiger partial charge in [0.2, 0.25) is 5.91 Å². The number of nitrogens with two attached hydrogens (primary N) is 1. The molecule has 1 amide bonds. The maximum atomic E-state index is 11.1. The third-order valence-electron chi connectivity index (χ3n) is 2.88. The Hall–Kier alpha value is -0.770. The molecule has 0 aromatic carbocycles. The lowest BCUT2D eigenvalue weighted by Gasteiger charge is -2.42. The molecule has 112 valence electrons. The summed E-state index contributed by atoms with van der Waals surface area (Å²) in [5, 5.41) is 31.3. The van der Waals surface area contributed by atoms with Crippen LogP contribution in [0.3, 0.4) is 0 Å². The molecule has 0 spiro atoms. The molecule has 1 rings (SSSR count). The van der Waals surface area contributed by atoms with Crippen LogP contribution in [0.1, 0.15) is 13.3 Å². The molecule has 1 saturated heterocycles. The smallest absolute Gasteiger partial charge is 0.217 e. The van der Waals surface area contributed by atoms with E-state index < -0.39 is 37.3 Å². The summed E-state index contributed by atoms with van der Waals surface area (Å²) in [5.41, 5.74) is 5.34. The van der Waals surface area contributed by atoms with Crippen molar-refractivity contribution in [3.05, 3.63) is 0 Å². The van der Waals surface area contributed by atoms with Gasteiger partial charge in [0.25, 0.3) is 0 Å². The monoisotopic (exact) mass is 278 g/mol. The highest BCUT2D eigenvalue weighted by molar-refractivity contribution is 5.73. The number of carbonyl (C=O) groups excluding carboxylic acids is 1. The van der Waals surface area contributed by atoms with Crippen molar-refractivity contribution in [3.63, 3.8) is 0 Å². The van der Waals surface area contributed by atoms with Crippen LogP contribution in [0.25, 0.3) is 0 Å². The van der Waals surface area contributed by atoms with E-state index in [1.54, 1.807) is 0 Å². The molecule has 1 aliphatic heterocycles. The molecular weight excluding hydrogens is 256 g/mol. The lowest BCUT2D eigenvalue weighted by atomic mass is 9.97. The van der Waals surface area contributed by atoms with Crippen molar-refractivity contribution in [1.29, 1.82) is 0 Å². The third kappa shape index (κ3) is 4.37. The van der Waals surface area contributed by atoms with Gasteiger partial charge in [-0.2, -0.15) is 0 Å². The average Bonchev–Trinajstić information content (AvgIpc) is 2.37. The Balaban J connectivity index is 2.71. The van der Waals surface area contributed by atoms with Crippen LogP contribution >= 0.6 is 0 Å². The van der Waals surface area contributed by atoms with Crippen LogP contribution < -0.4 is 11.1 Å². The highest BCUT2D eigenvalue weighted by Crippen LogP contribution is 2.22. The normalized spacial score (nSPS) is 35.1. The SMILES string of the molecule is CC(=O)NC1[C@H](OCCCN)OC(CO)[C@@H](O)[C@@H]1O. The van der Waals surface area contributed by atoms with E-state index in [0.29, 0.717) is 13.0 Å². The van der Waals surface area contributed by atoms with Crippen LogP contribution in [-0.2, 0) is 14.3 Å². The number of carbonyl (C=O) groups is 1. The molecule has 0 bridgehead atoms. The van der Waals surface area contributed by atoms with Gasteiger partial charge in [-0.05, 0) is 13.0 Å². The van der Waals surface area contributed by atoms with Gasteiger partial charge < -0.3 is 35.8 Å². The Morgan fingerprint density at radius 3 is 2.63 bits per heavy atom. The summed E-state index contributed by atoms with van der Waals surface area (Å²) in [6.07, 6.45) is -3.88. The van der Waals surface area contributed by atoms with Crippen LogP contribution in [0.15, 0.2) is 0 Å². The van der Waals surface area contributed by atoms with Crippen molar-refractivity contribution >= 4 is 5.91 Å². The largest absolute Gasteiger partial charge is 0.394 e. The summed E-state index contributed by atoms with van der Waals surface area (Å²) in [6.45, 7) is 1.56. The summed E-state index contributed by atoms with van der Waals surface area (Å²) in [5.74, 6) is -0.380. The highest BCUT2D eigenvalue weighted by atomic mass is 16.7. The number of aliphatic hydroxyl groups excluding tert-OH is 3. The zero-order valence-corrected chi connectivity index (χ0v) is 10.9. The summed E-state index contributed by atoms with van der Waals surface area (Å²) < 4.78 is 10.7. The van der Waals surface area contributed by atoms with Gasteiger partial charge in [-0.15, -0.1) is 0 Å². The number of aliphatic hydroxyl groups is 3. The maximum absolute atomic E-state index is 11.1. The van der Waals surface area contributed by atoms with Crippen LogP contribution in [0.5, 0.6) is 0 Å². The minimum atomic E-state index is -1.30. The van der Waals surface area contributed by atoms with E-state index in [1.807, 2.05) is 0 Å². The van der Waals surface area contributed by atoms with Crippen molar-refractivity contribution < 1.29 is 29.6 Å². The second-order valence-electron chi connectivity index (χ2n) is 4.45. The standard InChI is InChI=1S/C11H22N2O6/c1-6(15)13-8-10(17)9(16)7(5-14)19-11(8)18-4-2-3-12/h7-11,14,16-17H,2-5,12H2,1H3,(H,13,15)/t7?,8?,9-,10-,11-/m1/s1. The topological polar surface area (TPSA) is 134 Å². The Morgan fingerprint density at radius 2 is 2.11 bits per heavy atom. The van der Waals surface area contributed by atoms with Crippen LogP contribution in [0.2, 0.25) is 0 Å². The van der Waals surface area contributed by atoms with Crippen molar-refractivity contribution in [1.82, 2.24) is 5.32 Å². The summed E-state index contributed by atoms with van der Waals surface area (Å²) in [6, 6.07) is -0.895. The van der Waals surface area contributed by atoms with Gasteiger partial charge in [0.05, 0.1) is 13.2 Å². The zero-order valence-electron chi connectivity index (χ0n) is 10.9. The van der Waals surface area contributed by atoms with Crippen molar-refractivity contribution in [2.24, 2.45) is 5.73 Å². The molecule has 0 saturated carbocycles. The van der Waals surface area contributed by atoms with Crippen molar-refractivity contribution in [2.75, 3.05) is 19.8 Å². The molecule has 1 aliphatic rings. The molecule has 8 heteroatoms. The van der Waals surface area contributed by atoms with Gasteiger partial charge in [0.15, 0.2) is 6.29 Å². The molecule has 0 aromatic heterocycles. The molecule has 19 heavy (non-hydrogen) atoms. The van der Waals surface area contributed by atoms with Crippen LogP contribution in [0.4, 0.5) is 0 Å². The maximum Gasteiger partial charge on any atom is 0.217 e. The molecule has 0 radical (unpaired) electrons. The fraction of sp³-hybridized carbons (Fsp3) is 0.909. The number of ether oxygens (including phenoxy) is 2. The quantitative estimate of drug-likeness (QED) is 0.334. The summed E-state index contributed by atoms with van der Waals surface area (Å²) in [4.78, 5) is 11.1. The minimum Gasteiger partial charge on any atom is -0.394 e. The Bertz CT molecular complexity index is 290. The van der Waals surface area contributed by atoms with E-state index in [2.05, 4.69) is 5.32 Å². The van der Waals surface area contributed by atoms with E-state index in [4.69, 9.17) is 20.3 Å². The number of nitrogens with one attached hydrogen (secondary N) is 1. The van der Waals surface area contributed by atoms with E-state index >= 15 is 0 Å². The van der Waals surface area contributed by atoms with E-state index in [9.17, 15) is 15.0 Å². The summed E-state index contributed by atoms with van der Waals surface area (Å²) in [7, 11) is 0. The zero-order chi connectivity index (χ0) is 14.4. The average molecular weight is 278 g/mol. The fourth-order valence-electron chi connectivity index (χ4n) is 1.90.